The predicted molar refractivity (Wildman–Crippen MR) is 122 cm³/mol. The fourth-order valence-electron chi connectivity index (χ4n) is 4.32. The van der Waals surface area contributed by atoms with Gasteiger partial charge >= 0.3 is 0 Å². The molecule has 0 saturated heterocycles. The van der Waals surface area contributed by atoms with Gasteiger partial charge in [0, 0.05) is 18.0 Å². The molecule has 0 atom stereocenters. The molecule has 4 rings (SSSR count). The fraction of sp³-hybridized carbons (Fsp3) is 0.370. The zero-order valence-electron chi connectivity index (χ0n) is 17.7. The van der Waals surface area contributed by atoms with E-state index in [0.717, 1.165) is 44.3 Å². The summed E-state index contributed by atoms with van der Waals surface area (Å²) in [6.07, 6.45) is 20.8. The molecule has 150 valence electrons. The van der Waals surface area contributed by atoms with Crippen LogP contribution in [0.2, 0.25) is 0 Å². The van der Waals surface area contributed by atoms with Crippen LogP contribution >= 0.6 is 0 Å². The first-order valence-electron chi connectivity index (χ1n) is 11.1. The van der Waals surface area contributed by atoms with Crippen LogP contribution in [0, 0.1) is 0 Å². The SMILES string of the molecule is CCC(CC)OC1=CCC/C=C(\c2ccc3c(c2)CCCc2ccncc2-3)C=C1. The first-order valence-corrected chi connectivity index (χ1v) is 11.1. The molecule has 0 aliphatic heterocycles. The summed E-state index contributed by atoms with van der Waals surface area (Å²) in [7, 11) is 0. The monoisotopic (exact) mass is 385 g/mol. The second kappa shape index (κ2) is 9.26. The molecular weight excluding hydrogens is 354 g/mol. The lowest BCUT2D eigenvalue weighted by atomic mass is 9.93. The van der Waals surface area contributed by atoms with Crippen molar-refractivity contribution < 1.29 is 4.74 Å². The quantitative estimate of drug-likeness (QED) is 0.549. The number of nitrogens with zero attached hydrogens (tertiary/aromatic N) is 1. The smallest absolute Gasteiger partial charge is 0.115 e. The lowest BCUT2D eigenvalue weighted by Gasteiger charge is -2.18. The molecule has 2 aliphatic rings. The normalized spacial score (nSPS) is 17.9. The van der Waals surface area contributed by atoms with Crippen molar-refractivity contribution in [2.45, 2.75) is 64.9 Å². The number of benzene rings is 1. The Labute approximate surface area is 175 Å². The Morgan fingerprint density at radius 3 is 2.62 bits per heavy atom. The van der Waals surface area contributed by atoms with E-state index < -0.39 is 0 Å². The molecule has 0 radical (unpaired) electrons. The van der Waals surface area contributed by atoms with Crippen LogP contribution in [0.3, 0.4) is 0 Å². The van der Waals surface area contributed by atoms with E-state index in [1.165, 1.54) is 39.8 Å². The summed E-state index contributed by atoms with van der Waals surface area (Å²) in [6, 6.07) is 9.12. The number of hydrogen-bond acceptors (Lipinski definition) is 2. The molecule has 0 amide bonds. The Balaban J connectivity index is 1.61. The standard InChI is InChI=1S/C27H31NO/c1-3-24(4-2)29-25-11-6-5-8-20(12-14-25)22-13-15-26-23(18-22)10-7-9-21-16-17-28-19-27(21)26/h8,11-19,24H,3-7,9-10H2,1-2H3/b14-12?,20-8-,25-11?. The number of allylic oxidation sites excluding steroid dienone is 5. The van der Waals surface area contributed by atoms with Gasteiger partial charge in [-0.25, -0.2) is 0 Å². The number of rotatable bonds is 5. The minimum Gasteiger partial charge on any atom is -0.491 e. The van der Waals surface area contributed by atoms with E-state index in [-0.39, 0.29) is 0 Å². The van der Waals surface area contributed by atoms with E-state index in [1.807, 2.05) is 12.4 Å². The highest BCUT2D eigenvalue weighted by Gasteiger charge is 2.15. The summed E-state index contributed by atoms with van der Waals surface area (Å²) in [5.74, 6) is 1.01. The maximum absolute atomic E-state index is 6.20. The number of hydrogen-bond donors (Lipinski definition) is 0. The number of pyridine rings is 1. The molecule has 1 aromatic carbocycles. The average Bonchev–Trinajstić information content (AvgIpc) is 2.92. The molecule has 2 heteroatoms. The van der Waals surface area contributed by atoms with Gasteiger partial charge in [-0.2, -0.15) is 0 Å². The highest BCUT2D eigenvalue weighted by molar-refractivity contribution is 5.79. The van der Waals surface area contributed by atoms with Gasteiger partial charge in [-0.3, -0.25) is 4.98 Å². The summed E-state index contributed by atoms with van der Waals surface area (Å²) in [6.45, 7) is 4.38. The Hall–Kier alpha value is -2.61. The highest BCUT2D eigenvalue weighted by Crippen LogP contribution is 2.34. The Morgan fingerprint density at radius 2 is 1.76 bits per heavy atom. The molecule has 0 spiro atoms. The number of ether oxygens (including phenoxy) is 1. The number of aromatic nitrogens is 1. The summed E-state index contributed by atoms with van der Waals surface area (Å²) >= 11 is 0. The van der Waals surface area contributed by atoms with Crippen molar-refractivity contribution in [3.05, 3.63) is 83.4 Å². The van der Waals surface area contributed by atoms with Gasteiger partial charge in [-0.15, -0.1) is 0 Å². The largest absolute Gasteiger partial charge is 0.491 e. The van der Waals surface area contributed by atoms with E-state index in [9.17, 15) is 0 Å². The third kappa shape index (κ3) is 4.53. The third-order valence-electron chi connectivity index (χ3n) is 6.05. The van der Waals surface area contributed by atoms with Crippen molar-refractivity contribution >= 4 is 5.57 Å². The molecule has 0 saturated carbocycles. The Bertz CT molecular complexity index is 947. The molecule has 2 nitrogen and oxygen atoms in total. The third-order valence-corrected chi connectivity index (χ3v) is 6.05. The topological polar surface area (TPSA) is 22.1 Å². The zero-order valence-corrected chi connectivity index (χ0v) is 17.7. The molecule has 2 aliphatic carbocycles. The number of aryl methyl sites for hydroxylation is 2. The molecule has 1 aromatic heterocycles. The van der Waals surface area contributed by atoms with Crippen molar-refractivity contribution in [2.24, 2.45) is 0 Å². The van der Waals surface area contributed by atoms with Crippen LogP contribution in [-0.4, -0.2) is 11.1 Å². The predicted octanol–water partition coefficient (Wildman–Crippen LogP) is 7.06. The van der Waals surface area contributed by atoms with Gasteiger partial charge in [-0.1, -0.05) is 44.2 Å². The average molecular weight is 386 g/mol. The Morgan fingerprint density at radius 1 is 0.931 bits per heavy atom. The van der Waals surface area contributed by atoms with Gasteiger partial charge in [0.2, 0.25) is 0 Å². The van der Waals surface area contributed by atoms with Crippen LogP contribution in [0.25, 0.3) is 16.7 Å². The van der Waals surface area contributed by atoms with Crippen molar-refractivity contribution in [2.75, 3.05) is 0 Å². The minimum absolute atomic E-state index is 0.305. The molecule has 29 heavy (non-hydrogen) atoms. The summed E-state index contributed by atoms with van der Waals surface area (Å²) < 4.78 is 6.20. The molecule has 1 heterocycles. The van der Waals surface area contributed by atoms with E-state index in [2.05, 4.69) is 67.4 Å². The lowest BCUT2D eigenvalue weighted by molar-refractivity contribution is 0.117. The van der Waals surface area contributed by atoms with Crippen molar-refractivity contribution in [1.82, 2.24) is 4.98 Å². The van der Waals surface area contributed by atoms with E-state index in [1.54, 1.807) is 0 Å². The van der Waals surface area contributed by atoms with Crippen molar-refractivity contribution in [1.29, 1.82) is 0 Å². The van der Waals surface area contributed by atoms with E-state index >= 15 is 0 Å². The molecule has 0 fully saturated rings. The first-order chi connectivity index (χ1) is 14.3. The van der Waals surface area contributed by atoms with Crippen molar-refractivity contribution in [3.63, 3.8) is 0 Å². The van der Waals surface area contributed by atoms with Gasteiger partial charge in [0.15, 0.2) is 0 Å². The maximum Gasteiger partial charge on any atom is 0.115 e. The summed E-state index contributed by atoms with van der Waals surface area (Å²) in [5, 5.41) is 0. The molecule has 2 aromatic rings. The van der Waals surface area contributed by atoms with Gasteiger partial charge < -0.3 is 4.74 Å². The van der Waals surface area contributed by atoms with E-state index in [0.29, 0.717) is 6.10 Å². The van der Waals surface area contributed by atoms with Crippen LogP contribution in [0.4, 0.5) is 0 Å². The second-order valence-electron chi connectivity index (χ2n) is 7.99. The highest BCUT2D eigenvalue weighted by atomic mass is 16.5. The second-order valence-corrected chi connectivity index (χ2v) is 7.99. The molecule has 0 unspecified atom stereocenters. The van der Waals surface area contributed by atoms with Crippen LogP contribution in [0.1, 0.15) is 62.6 Å². The first kappa shape index (κ1) is 19.7. The van der Waals surface area contributed by atoms with Crippen molar-refractivity contribution in [3.8, 4) is 11.1 Å². The molecular formula is C27H31NO. The van der Waals surface area contributed by atoms with Crippen LogP contribution in [0.5, 0.6) is 0 Å². The van der Waals surface area contributed by atoms with Crippen LogP contribution in [-0.2, 0) is 17.6 Å². The van der Waals surface area contributed by atoms with Gasteiger partial charge in [0.25, 0.3) is 0 Å². The minimum atomic E-state index is 0.305. The number of fused-ring (bicyclic) bond motifs is 3. The molecule has 0 bridgehead atoms. The zero-order chi connectivity index (χ0) is 20.1. The van der Waals surface area contributed by atoms with E-state index in [4.69, 9.17) is 4.74 Å². The van der Waals surface area contributed by atoms with Crippen LogP contribution < -0.4 is 0 Å². The Kier molecular flexibility index (Phi) is 6.29. The lowest BCUT2D eigenvalue weighted by Crippen LogP contribution is -2.09. The summed E-state index contributed by atoms with van der Waals surface area (Å²) in [5.41, 5.74) is 8.11. The van der Waals surface area contributed by atoms with Gasteiger partial charge in [-0.05, 0) is 91.0 Å². The van der Waals surface area contributed by atoms with Gasteiger partial charge in [0.1, 0.15) is 5.76 Å². The fourth-order valence-corrected chi connectivity index (χ4v) is 4.32. The summed E-state index contributed by atoms with van der Waals surface area (Å²) in [4.78, 5) is 4.38. The van der Waals surface area contributed by atoms with Crippen LogP contribution in [0.15, 0.2) is 66.7 Å². The van der Waals surface area contributed by atoms with Gasteiger partial charge in [0.05, 0.1) is 6.10 Å². The molecule has 0 N–H and O–H groups in total. The maximum atomic E-state index is 6.20.